The van der Waals surface area contributed by atoms with Crippen molar-refractivity contribution in [2.24, 2.45) is 5.92 Å². The van der Waals surface area contributed by atoms with E-state index in [1.54, 1.807) is 0 Å². The van der Waals surface area contributed by atoms with Crippen molar-refractivity contribution >= 4 is 0 Å². The lowest BCUT2D eigenvalue weighted by Gasteiger charge is -2.10. The first-order valence-electron chi connectivity index (χ1n) is 5.33. The zero-order valence-corrected chi connectivity index (χ0v) is 9.33. The van der Waals surface area contributed by atoms with Gasteiger partial charge >= 0.3 is 0 Å². The van der Waals surface area contributed by atoms with Crippen molar-refractivity contribution in [1.82, 2.24) is 0 Å². The van der Waals surface area contributed by atoms with Crippen molar-refractivity contribution in [3.05, 3.63) is 35.4 Å². The third kappa shape index (κ3) is 3.15. The normalized spacial score (nSPS) is 13.2. The second kappa shape index (κ2) is 5.16. The second-order valence-electron chi connectivity index (χ2n) is 4.42. The quantitative estimate of drug-likeness (QED) is 0.777. The van der Waals surface area contributed by atoms with E-state index in [9.17, 15) is 0 Å². The van der Waals surface area contributed by atoms with Crippen LogP contribution in [-0.2, 0) is 6.42 Å². The van der Waals surface area contributed by atoms with E-state index in [0.717, 1.165) is 6.42 Å². The van der Waals surface area contributed by atoms with Gasteiger partial charge in [0.2, 0.25) is 0 Å². The van der Waals surface area contributed by atoms with Crippen molar-refractivity contribution in [3.63, 3.8) is 0 Å². The Labute approximate surface area is 86.8 Å². The van der Waals surface area contributed by atoms with Gasteiger partial charge in [-0.05, 0) is 23.5 Å². The summed E-state index contributed by atoms with van der Waals surface area (Å²) in [5.41, 5.74) is 2.61. The number of hydrogen-bond acceptors (Lipinski definition) is 1. The molecule has 1 atom stereocenters. The van der Waals surface area contributed by atoms with Crippen LogP contribution in [-0.4, -0.2) is 11.7 Å². The molecule has 0 saturated heterocycles. The Morgan fingerprint density at radius 1 is 1.07 bits per heavy atom. The molecule has 14 heavy (non-hydrogen) atoms. The lowest BCUT2D eigenvalue weighted by atomic mass is 9.97. The minimum Gasteiger partial charge on any atom is -0.396 e. The SMILES string of the molecule is CC(C)Cc1ccc([C@H](C)CO)cc1. The van der Waals surface area contributed by atoms with Gasteiger partial charge in [0.1, 0.15) is 0 Å². The Hall–Kier alpha value is -0.820. The molecule has 0 fully saturated rings. The van der Waals surface area contributed by atoms with E-state index < -0.39 is 0 Å². The van der Waals surface area contributed by atoms with Gasteiger partial charge in [-0.2, -0.15) is 0 Å². The van der Waals surface area contributed by atoms with Gasteiger partial charge in [-0.1, -0.05) is 45.0 Å². The molecular formula is C13H20O. The fraction of sp³-hybridized carbons (Fsp3) is 0.538. The third-order valence-corrected chi connectivity index (χ3v) is 2.47. The molecule has 0 aromatic heterocycles. The molecule has 0 aliphatic heterocycles. The molecule has 1 nitrogen and oxygen atoms in total. The van der Waals surface area contributed by atoms with Gasteiger partial charge in [0.05, 0.1) is 0 Å². The maximum atomic E-state index is 9.00. The van der Waals surface area contributed by atoms with Crippen molar-refractivity contribution in [2.75, 3.05) is 6.61 Å². The molecule has 0 saturated carbocycles. The maximum absolute atomic E-state index is 9.00. The summed E-state index contributed by atoms with van der Waals surface area (Å²) in [5.74, 6) is 0.958. The standard InChI is InChI=1S/C13H20O/c1-10(2)8-12-4-6-13(7-5-12)11(3)9-14/h4-7,10-11,14H,8-9H2,1-3H3/t11-/m1/s1. The van der Waals surface area contributed by atoms with Gasteiger partial charge in [0, 0.05) is 12.5 Å². The van der Waals surface area contributed by atoms with Crippen LogP contribution in [0.3, 0.4) is 0 Å². The van der Waals surface area contributed by atoms with Crippen LogP contribution in [0.25, 0.3) is 0 Å². The number of rotatable bonds is 4. The highest BCUT2D eigenvalue weighted by molar-refractivity contribution is 5.25. The summed E-state index contributed by atoms with van der Waals surface area (Å²) in [6.07, 6.45) is 1.13. The summed E-state index contributed by atoms with van der Waals surface area (Å²) in [6.45, 7) is 6.72. The number of aliphatic hydroxyl groups excluding tert-OH is 1. The van der Waals surface area contributed by atoms with E-state index in [1.807, 2.05) is 6.92 Å². The molecule has 0 amide bonds. The predicted octanol–water partition coefficient (Wildman–Crippen LogP) is 2.98. The van der Waals surface area contributed by atoms with Crippen molar-refractivity contribution in [1.29, 1.82) is 0 Å². The maximum Gasteiger partial charge on any atom is 0.0497 e. The van der Waals surface area contributed by atoms with Crippen LogP contribution in [0.5, 0.6) is 0 Å². The first-order chi connectivity index (χ1) is 6.63. The lowest BCUT2D eigenvalue weighted by Crippen LogP contribution is -1.99. The van der Waals surface area contributed by atoms with Gasteiger partial charge < -0.3 is 5.11 Å². The van der Waals surface area contributed by atoms with Gasteiger partial charge in [0.25, 0.3) is 0 Å². The molecule has 0 aliphatic carbocycles. The Kier molecular flexibility index (Phi) is 4.15. The lowest BCUT2D eigenvalue weighted by molar-refractivity contribution is 0.273. The highest BCUT2D eigenvalue weighted by Gasteiger charge is 2.03. The van der Waals surface area contributed by atoms with Gasteiger partial charge in [-0.25, -0.2) is 0 Å². The van der Waals surface area contributed by atoms with Crippen LogP contribution in [0.4, 0.5) is 0 Å². The Morgan fingerprint density at radius 3 is 2.07 bits per heavy atom. The highest BCUT2D eigenvalue weighted by Crippen LogP contribution is 2.16. The topological polar surface area (TPSA) is 20.2 Å². The zero-order chi connectivity index (χ0) is 10.6. The molecule has 1 heteroatoms. The molecule has 0 aliphatic rings. The first-order valence-corrected chi connectivity index (χ1v) is 5.33. The van der Waals surface area contributed by atoms with Crippen LogP contribution in [0.1, 0.15) is 37.8 Å². The van der Waals surface area contributed by atoms with E-state index in [1.165, 1.54) is 11.1 Å². The minimum absolute atomic E-state index is 0.226. The smallest absolute Gasteiger partial charge is 0.0497 e. The molecule has 0 bridgehead atoms. The van der Waals surface area contributed by atoms with E-state index in [4.69, 9.17) is 5.11 Å². The third-order valence-electron chi connectivity index (χ3n) is 2.47. The summed E-state index contributed by atoms with van der Waals surface area (Å²) in [7, 11) is 0. The summed E-state index contributed by atoms with van der Waals surface area (Å²) in [4.78, 5) is 0. The minimum atomic E-state index is 0.226. The number of benzene rings is 1. The number of aliphatic hydroxyl groups is 1. The van der Waals surface area contributed by atoms with E-state index in [2.05, 4.69) is 38.1 Å². The second-order valence-corrected chi connectivity index (χ2v) is 4.42. The molecule has 1 aromatic carbocycles. The number of hydrogen-bond donors (Lipinski definition) is 1. The van der Waals surface area contributed by atoms with E-state index in [-0.39, 0.29) is 12.5 Å². The Balaban J connectivity index is 2.68. The molecular weight excluding hydrogens is 172 g/mol. The van der Waals surface area contributed by atoms with Crippen LogP contribution >= 0.6 is 0 Å². The fourth-order valence-electron chi connectivity index (χ4n) is 1.56. The summed E-state index contributed by atoms with van der Waals surface area (Å²) >= 11 is 0. The van der Waals surface area contributed by atoms with E-state index in [0.29, 0.717) is 5.92 Å². The largest absolute Gasteiger partial charge is 0.396 e. The first kappa shape index (κ1) is 11.3. The van der Waals surface area contributed by atoms with Gasteiger partial charge in [-0.15, -0.1) is 0 Å². The van der Waals surface area contributed by atoms with Crippen molar-refractivity contribution < 1.29 is 5.11 Å². The molecule has 78 valence electrons. The molecule has 0 spiro atoms. The van der Waals surface area contributed by atoms with Crippen LogP contribution < -0.4 is 0 Å². The average molecular weight is 192 g/mol. The summed E-state index contributed by atoms with van der Waals surface area (Å²) < 4.78 is 0. The van der Waals surface area contributed by atoms with Crippen LogP contribution in [0.2, 0.25) is 0 Å². The molecule has 1 rings (SSSR count). The summed E-state index contributed by atoms with van der Waals surface area (Å²) in [5, 5.41) is 9.00. The Bertz CT molecular complexity index is 261. The molecule has 0 radical (unpaired) electrons. The van der Waals surface area contributed by atoms with E-state index >= 15 is 0 Å². The average Bonchev–Trinajstić information content (AvgIpc) is 2.17. The fourth-order valence-corrected chi connectivity index (χ4v) is 1.56. The monoisotopic (exact) mass is 192 g/mol. The Morgan fingerprint density at radius 2 is 1.64 bits per heavy atom. The van der Waals surface area contributed by atoms with Crippen LogP contribution in [0, 0.1) is 5.92 Å². The predicted molar refractivity (Wildman–Crippen MR) is 60.5 cm³/mol. The molecule has 1 aromatic rings. The van der Waals surface area contributed by atoms with Crippen molar-refractivity contribution in [3.8, 4) is 0 Å². The zero-order valence-electron chi connectivity index (χ0n) is 9.33. The molecule has 0 unspecified atom stereocenters. The van der Waals surface area contributed by atoms with Gasteiger partial charge in [-0.3, -0.25) is 0 Å². The molecule has 1 N–H and O–H groups in total. The molecule has 0 heterocycles. The van der Waals surface area contributed by atoms with Crippen LogP contribution in [0.15, 0.2) is 24.3 Å². The summed E-state index contributed by atoms with van der Waals surface area (Å²) in [6, 6.07) is 8.58. The highest BCUT2D eigenvalue weighted by atomic mass is 16.3. The van der Waals surface area contributed by atoms with Gasteiger partial charge in [0.15, 0.2) is 0 Å². The van der Waals surface area contributed by atoms with Crippen molar-refractivity contribution in [2.45, 2.75) is 33.1 Å².